The topological polar surface area (TPSA) is 59.3 Å². The van der Waals surface area contributed by atoms with Crippen LogP contribution in [0.2, 0.25) is 0 Å². The van der Waals surface area contributed by atoms with Crippen molar-refractivity contribution < 1.29 is 18.0 Å². The van der Waals surface area contributed by atoms with Crippen molar-refractivity contribution in [3.8, 4) is 11.3 Å². The van der Waals surface area contributed by atoms with Crippen LogP contribution in [0.15, 0.2) is 42.6 Å². The number of carbonyl (C=O) groups excluding carboxylic acids is 1. The van der Waals surface area contributed by atoms with Gasteiger partial charge in [0.1, 0.15) is 17.4 Å². The number of nitrogens with one attached hydrogen (secondary N) is 1. The van der Waals surface area contributed by atoms with Gasteiger partial charge in [0.05, 0.1) is 17.9 Å². The van der Waals surface area contributed by atoms with E-state index in [0.29, 0.717) is 24.1 Å². The summed E-state index contributed by atoms with van der Waals surface area (Å²) in [6.45, 7) is 0. The number of nitrogens with zero attached hydrogens (tertiary/aromatic N) is 3. The second-order valence-corrected chi connectivity index (χ2v) is 6.91. The number of alkyl halides is 3. The van der Waals surface area contributed by atoms with Crippen LogP contribution in [0, 0.1) is 0 Å². The molecule has 3 aromatic rings. The van der Waals surface area contributed by atoms with E-state index in [2.05, 4.69) is 15.4 Å². The SMILES string of the molecule is O=C(N[C@@H]1CCCC[C@H]1F)c1cnn2c(-c3ccccc3)cc(C(F)F)nc12. The number of rotatable bonds is 4. The number of hydrogen-bond acceptors (Lipinski definition) is 3. The van der Waals surface area contributed by atoms with Crippen molar-refractivity contribution in [2.75, 3.05) is 0 Å². The van der Waals surface area contributed by atoms with Crippen molar-refractivity contribution in [1.82, 2.24) is 19.9 Å². The van der Waals surface area contributed by atoms with Gasteiger partial charge in [-0.15, -0.1) is 0 Å². The monoisotopic (exact) mass is 388 g/mol. The van der Waals surface area contributed by atoms with Gasteiger partial charge in [0.15, 0.2) is 5.65 Å². The van der Waals surface area contributed by atoms with Crippen molar-refractivity contribution >= 4 is 11.6 Å². The fraction of sp³-hybridized carbons (Fsp3) is 0.350. The Balaban J connectivity index is 1.76. The summed E-state index contributed by atoms with van der Waals surface area (Å²) in [5, 5.41) is 6.86. The van der Waals surface area contributed by atoms with E-state index in [0.717, 1.165) is 12.8 Å². The molecule has 0 aliphatic heterocycles. The minimum absolute atomic E-state index is 0.0281. The molecule has 0 saturated heterocycles. The molecule has 1 amide bonds. The summed E-state index contributed by atoms with van der Waals surface area (Å²) in [6.07, 6.45) is -0.0235. The Labute approximate surface area is 159 Å². The fourth-order valence-corrected chi connectivity index (χ4v) is 3.56. The maximum Gasteiger partial charge on any atom is 0.280 e. The van der Waals surface area contributed by atoms with Gasteiger partial charge >= 0.3 is 0 Å². The van der Waals surface area contributed by atoms with Crippen LogP contribution in [0.4, 0.5) is 13.2 Å². The highest BCUT2D eigenvalue weighted by Crippen LogP contribution is 2.27. The van der Waals surface area contributed by atoms with Crippen LogP contribution in [0.1, 0.15) is 48.2 Å². The van der Waals surface area contributed by atoms with Crippen LogP contribution in [-0.4, -0.2) is 32.7 Å². The summed E-state index contributed by atoms with van der Waals surface area (Å²) in [7, 11) is 0. The minimum atomic E-state index is -2.80. The molecule has 1 aliphatic rings. The normalized spacial score (nSPS) is 19.9. The Hall–Kier alpha value is -2.90. The highest BCUT2D eigenvalue weighted by Gasteiger charge is 2.28. The second kappa shape index (κ2) is 7.61. The molecule has 1 fully saturated rings. The van der Waals surface area contributed by atoms with Gasteiger partial charge in [0, 0.05) is 5.56 Å². The number of aromatic nitrogens is 3. The van der Waals surface area contributed by atoms with Gasteiger partial charge < -0.3 is 5.32 Å². The predicted octanol–water partition coefficient (Wildman–Crippen LogP) is 4.34. The molecule has 0 radical (unpaired) electrons. The van der Waals surface area contributed by atoms with Crippen molar-refractivity contribution in [2.24, 2.45) is 0 Å². The Morgan fingerprint density at radius 3 is 2.64 bits per heavy atom. The average Bonchev–Trinajstić information content (AvgIpc) is 3.14. The Morgan fingerprint density at radius 1 is 1.18 bits per heavy atom. The maximum atomic E-state index is 14.1. The molecule has 2 heterocycles. The van der Waals surface area contributed by atoms with E-state index in [1.165, 1.54) is 16.8 Å². The molecule has 1 aromatic carbocycles. The molecule has 1 aliphatic carbocycles. The molecule has 4 rings (SSSR count). The van der Waals surface area contributed by atoms with Crippen molar-refractivity contribution in [1.29, 1.82) is 0 Å². The van der Waals surface area contributed by atoms with E-state index in [9.17, 15) is 18.0 Å². The first-order valence-electron chi connectivity index (χ1n) is 9.22. The molecule has 146 valence electrons. The molecule has 1 N–H and O–H groups in total. The smallest absolute Gasteiger partial charge is 0.280 e. The van der Waals surface area contributed by atoms with Gasteiger partial charge in [-0.3, -0.25) is 4.79 Å². The Bertz CT molecular complexity index is 990. The Kier molecular flexibility index (Phi) is 5.02. The number of halogens is 3. The van der Waals surface area contributed by atoms with Crippen molar-refractivity contribution in [2.45, 2.75) is 44.3 Å². The van der Waals surface area contributed by atoms with Gasteiger partial charge in [-0.25, -0.2) is 22.7 Å². The zero-order chi connectivity index (χ0) is 19.7. The summed E-state index contributed by atoms with van der Waals surface area (Å²) in [6, 6.07) is 9.59. The standard InChI is InChI=1S/C20H19F3N4O/c21-14-8-4-5-9-15(14)26-20(28)13-11-24-27-17(12-6-2-1-3-7-12)10-16(18(22)23)25-19(13)27/h1-3,6-7,10-11,14-15,18H,4-5,8-9H2,(H,26,28)/t14-,15-/m1/s1. The van der Waals surface area contributed by atoms with Gasteiger partial charge in [-0.05, 0) is 18.9 Å². The molecule has 8 heteroatoms. The molecule has 2 aromatic heterocycles. The summed E-state index contributed by atoms with van der Waals surface area (Å²) < 4.78 is 42.3. The fourth-order valence-electron chi connectivity index (χ4n) is 3.56. The molecular formula is C20H19F3N4O. The van der Waals surface area contributed by atoms with Crippen molar-refractivity contribution in [3.63, 3.8) is 0 Å². The molecule has 5 nitrogen and oxygen atoms in total. The molecule has 2 atom stereocenters. The van der Waals surface area contributed by atoms with Gasteiger partial charge in [0.25, 0.3) is 12.3 Å². The van der Waals surface area contributed by atoms with Crippen LogP contribution in [-0.2, 0) is 0 Å². The van der Waals surface area contributed by atoms with E-state index >= 15 is 0 Å². The first-order valence-corrected chi connectivity index (χ1v) is 9.22. The highest BCUT2D eigenvalue weighted by atomic mass is 19.3. The average molecular weight is 388 g/mol. The van der Waals surface area contributed by atoms with Crippen LogP contribution >= 0.6 is 0 Å². The maximum absolute atomic E-state index is 14.1. The molecule has 0 unspecified atom stereocenters. The molecule has 0 spiro atoms. The summed E-state index contributed by atoms with van der Waals surface area (Å²) in [5.41, 5.74) is 0.712. The largest absolute Gasteiger partial charge is 0.346 e. The molecule has 1 saturated carbocycles. The lowest BCUT2D eigenvalue weighted by atomic mass is 9.93. The van der Waals surface area contributed by atoms with E-state index in [4.69, 9.17) is 0 Å². The van der Waals surface area contributed by atoms with Crippen LogP contribution < -0.4 is 5.32 Å². The number of fused-ring (bicyclic) bond motifs is 1. The lowest BCUT2D eigenvalue weighted by molar-refractivity contribution is 0.0885. The van der Waals surface area contributed by atoms with Crippen molar-refractivity contribution in [3.05, 3.63) is 53.9 Å². The third-order valence-electron chi connectivity index (χ3n) is 5.03. The first kappa shape index (κ1) is 18.5. The van der Waals surface area contributed by atoms with E-state index < -0.39 is 30.2 Å². The van der Waals surface area contributed by atoms with E-state index in [1.54, 1.807) is 24.3 Å². The first-order chi connectivity index (χ1) is 13.5. The lowest BCUT2D eigenvalue weighted by Crippen LogP contribution is -2.43. The molecule has 0 bridgehead atoms. The van der Waals surface area contributed by atoms with Gasteiger partial charge in [-0.2, -0.15) is 5.10 Å². The predicted molar refractivity (Wildman–Crippen MR) is 98.0 cm³/mol. The molecular weight excluding hydrogens is 369 g/mol. The van der Waals surface area contributed by atoms with Gasteiger partial charge in [-0.1, -0.05) is 43.2 Å². The third kappa shape index (κ3) is 3.46. The van der Waals surface area contributed by atoms with Gasteiger partial charge in [0.2, 0.25) is 0 Å². The number of amides is 1. The number of carbonyl (C=O) groups is 1. The summed E-state index contributed by atoms with van der Waals surface area (Å²) >= 11 is 0. The second-order valence-electron chi connectivity index (χ2n) is 6.91. The summed E-state index contributed by atoms with van der Waals surface area (Å²) in [5.74, 6) is -0.553. The van der Waals surface area contributed by atoms with Crippen LogP contribution in [0.25, 0.3) is 16.9 Å². The zero-order valence-electron chi connectivity index (χ0n) is 15.0. The number of hydrogen-bond donors (Lipinski definition) is 1. The lowest BCUT2D eigenvalue weighted by Gasteiger charge is -2.26. The highest BCUT2D eigenvalue weighted by molar-refractivity contribution is 6.00. The van der Waals surface area contributed by atoms with E-state index in [1.807, 2.05) is 6.07 Å². The Morgan fingerprint density at radius 2 is 1.93 bits per heavy atom. The third-order valence-corrected chi connectivity index (χ3v) is 5.03. The zero-order valence-corrected chi connectivity index (χ0v) is 15.0. The summed E-state index contributed by atoms with van der Waals surface area (Å²) in [4.78, 5) is 16.7. The van der Waals surface area contributed by atoms with Crippen LogP contribution in [0.3, 0.4) is 0 Å². The van der Waals surface area contributed by atoms with E-state index in [-0.39, 0.29) is 11.2 Å². The molecule has 28 heavy (non-hydrogen) atoms. The van der Waals surface area contributed by atoms with Crippen LogP contribution in [0.5, 0.6) is 0 Å². The quantitative estimate of drug-likeness (QED) is 0.723. The number of benzene rings is 1. The minimum Gasteiger partial charge on any atom is -0.346 e.